The zero-order valence-corrected chi connectivity index (χ0v) is 13.2. The van der Waals surface area contributed by atoms with Crippen molar-refractivity contribution in [3.8, 4) is 0 Å². The van der Waals surface area contributed by atoms with Crippen molar-refractivity contribution >= 4 is 5.91 Å². The molecule has 0 aromatic carbocycles. The Balaban J connectivity index is 1.82. The Bertz CT molecular complexity index is 332. The minimum absolute atomic E-state index is 0.241. The molecule has 0 bridgehead atoms. The van der Waals surface area contributed by atoms with Gasteiger partial charge in [-0.25, -0.2) is 0 Å². The van der Waals surface area contributed by atoms with Gasteiger partial charge in [0.2, 0.25) is 5.91 Å². The number of nitrogens with two attached hydrogens (primary N) is 1. The van der Waals surface area contributed by atoms with Crippen LogP contribution in [0.3, 0.4) is 0 Å². The van der Waals surface area contributed by atoms with Gasteiger partial charge in [-0.2, -0.15) is 0 Å². The number of amides is 1. The fraction of sp³-hybridized carbons (Fsp3) is 0.938. The first-order valence-electron chi connectivity index (χ1n) is 8.30. The molecular formula is C16H31N3O. The van der Waals surface area contributed by atoms with Crippen LogP contribution in [0.1, 0.15) is 58.3 Å². The minimum Gasteiger partial charge on any atom is -0.368 e. The highest BCUT2D eigenvalue weighted by molar-refractivity contribution is 5.84. The zero-order valence-electron chi connectivity index (χ0n) is 13.2. The number of primary amides is 1. The second kappa shape index (κ2) is 6.90. The normalized spacial score (nSPS) is 30.5. The molecule has 0 aromatic heterocycles. The highest BCUT2D eigenvalue weighted by Crippen LogP contribution is 2.35. The molecule has 1 saturated carbocycles. The first kappa shape index (κ1) is 15.8. The van der Waals surface area contributed by atoms with Crippen LogP contribution in [0.4, 0.5) is 0 Å². The smallest absolute Gasteiger partial charge is 0.237 e. The van der Waals surface area contributed by atoms with Crippen molar-refractivity contribution in [3.05, 3.63) is 0 Å². The highest BCUT2D eigenvalue weighted by atomic mass is 16.1. The van der Waals surface area contributed by atoms with Crippen LogP contribution in [-0.4, -0.2) is 42.5 Å². The minimum atomic E-state index is -0.554. The maximum absolute atomic E-state index is 11.5. The van der Waals surface area contributed by atoms with Crippen LogP contribution in [0.5, 0.6) is 0 Å². The number of rotatable bonds is 6. The molecule has 3 unspecified atom stereocenters. The largest absolute Gasteiger partial charge is 0.368 e. The number of nitrogens with one attached hydrogen (secondary N) is 1. The summed E-state index contributed by atoms with van der Waals surface area (Å²) in [7, 11) is 1.82. The van der Waals surface area contributed by atoms with E-state index in [1.54, 1.807) is 0 Å². The Hall–Kier alpha value is -0.610. The number of hydrogen-bond donors (Lipinski definition) is 2. The van der Waals surface area contributed by atoms with Crippen molar-refractivity contribution in [1.29, 1.82) is 0 Å². The summed E-state index contributed by atoms with van der Waals surface area (Å²) in [6.07, 6.45) is 10.3. The van der Waals surface area contributed by atoms with Gasteiger partial charge < -0.3 is 16.0 Å². The van der Waals surface area contributed by atoms with E-state index in [0.717, 1.165) is 31.3 Å². The first-order valence-corrected chi connectivity index (χ1v) is 8.30. The van der Waals surface area contributed by atoms with Gasteiger partial charge in [0.15, 0.2) is 0 Å². The molecule has 2 rings (SSSR count). The lowest BCUT2D eigenvalue weighted by molar-refractivity contribution is -0.124. The van der Waals surface area contributed by atoms with Crippen LogP contribution in [-0.2, 0) is 4.79 Å². The average Bonchev–Trinajstić information content (AvgIpc) is 2.47. The second-order valence-corrected chi connectivity index (χ2v) is 6.84. The maximum Gasteiger partial charge on any atom is 0.237 e. The summed E-state index contributed by atoms with van der Waals surface area (Å²) in [5, 5.41) is 3.08. The lowest BCUT2D eigenvalue weighted by atomic mass is 9.78. The third-order valence-electron chi connectivity index (χ3n) is 5.58. The van der Waals surface area contributed by atoms with Crippen molar-refractivity contribution in [3.63, 3.8) is 0 Å². The van der Waals surface area contributed by atoms with Gasteiger partial charge in [0.25, 0.3) is 0 Å². The Morgan fingerprint density at radius 2 is 2.00 bits per heavy atom. The van der Waals surface area contributed by atoms with E-state index in [1.165, 1.54) is 45.1 Å². The second-order valence-electron chi connectivity index (χ2n) is 6.84. The maximum atomic E-state index is 11.5. The molecule has 1 aliphatic carbocycles. The first-order chi connectivity index (χ1) is 9.57. The lowest BCUT2D eigenvalue weighted by Crippen LogP contribution is -2.52. The standard InChI is InChI=1S/C16H31N3O/c1-16(18-2,15(17)20)10-6-12-19-11-5-8-13-7-3-4-9-14(13)19/h13-14,18H,3-12H2,1-2H3,(H2,17,20). The van der Waals surface area contributed by atoms with Gasteiger partial charge in [-0.05, 0) is 71.5 Å². The van der Waals surface area contributed by atoms with Crippen molar-refractivity contribution in [2.75, 3.05) is 20.1 Å². The van der Waals surface area contributed by atoms with Gasteiger partial charge >= 0.3 is 0 Å². The number of carbonyl (C=O) groups excluding carboxylic acids is 1. The summed E-state index contributed by atoms with van der Waals surface area (Å²) in [4.78, 5) is 14.2. The molecule has 1 amide bonds. The van der Waals surface area contributed by atoms with Crippen LogP contribution in [0.15, 0.2) is 0 Å². The van der Waals surface area contributed by atoms with Crippen molar-refractivity contribution < 1.29 is 4.79 Å². The molecule has 4 heteroatoms. The number of likely N-dealkylation sites (tertiary alicyclic amines) is 1. The summed E-state index contributed by atoms with van der Waals surface area (Å²) >= 11 is 0. The Kier molecular flexibility index (Phi) is 5.44. The summed E-state index contributed by atoms with van der Waals surface area (Å²) in [5.74, 6) is 0.693. The molecule has 3 atom stereocenters. The molecule has 0 radical (unpaired) electrons. The molecule has 3 N–H and O–H groups in total. The van der Waals surface area contributed by atoms with Gasteiger partial charge in [-0.15, -0.1) is 0 Å². The Morgan fingerprint density at radius 3 is 2.70 bits per heavy atom. The number of likely N-dealkylation sites (N-methyl/N-ethyl adjacent to an activating group) is 1. The molecule has 4 nitrogen and oxygen atoms in total. The molecule has 2 fully saturated rings. The molecule has 2 aliphatic rings. The van der Waals surface area contributed by atoms with Gasteiger partial charge in [0.1, 0.15) is 0 Å². The highest BCUT2D eigenvalue weighted by Gasteiger charge is 2.34. The van der Waals surface area contributed by atoms with Gasteiger partial charge in [0.05, 0.1) is 5.54 Å². The molecule has 1 heterocycles. The predicted molar refractivity (Wildman–Crippen MR) is 82.4 cm³/mol. The van der Waals surface area contributed by atoms with E-state index in [2.05, 4.69) is 10.2 Å². The number of piperidine rings is 1. The van der Waals surface area contributed by atoms with E-state index in [4.69, 9.17) is 5.73 Å². The average molecular weight is 281 g/mol. The van der Waals surface area contributed by atoms with E-state index >= 15 is 0 Å². The van der Waals surface area contributed by atoms with Crippen LogP contribution in [0, 0.1) is 5.92 Å². The monoisotopic (exact) mass is 281 g/mol. The molecular weight excluding hydrogens is 250 g/mol. The van der Waals surface area contributed by atoms with E-state index < -0.39 is 5.54 Å². The quantitative estimate of drug-likeness (QED) is 0.781. The predicted octanol–water partition coefficient (Wildman–Crippen LogP) is 1.88. The van der Waals surface area contributed by atoms with Crippen LogP contribution >= 0.6 is 0 Å². The van der Waals surface area contributed by atoms with Gasteiger partial charge in [0, 0.05) is 6.04 Å². The number of hydrogen-bond acceptors (Lipinski definition) is 3. The molecule has 1 saturated heterocycles. The van der Waals surface area contributed by atoms with E-state index in [-0.39, 0.29) is 5.91 Å². The Morgan fingerprint density at radius 1 is 1.30 bits per heavy atom. The fourth-order valence-electron chi connectivity index (χ4n) is 4.01. The summed E-state index contributed by atoms with van der Waals surface area (Å²) in [6, 6.07) is 0.812. The fourth-order valence-corrected chi connectivity index (χ4v) is 4.01. The lowest BCUT2D eigenvalue weighted by Gasteiger charge is -2.44. The topological polar surface area (TPSA) is 58.4 Å². The number of fused-ring (bicyclic) bond motifs is 1. The van der Waals surface area contributed by atoms with Crippen molar-refractivity contribution in [2.45, 2.75) is 69.9 Å². The SMILES string of the molecule is CNC(C)(CCCN1CCCC2CCCCC21)C(N)=O. The molecule has 20 heavy (non-hydrogen) atoms. The van der Waals surface area contributed by atoms with Crippen LogP contribution < -0.4 is 11.1 Å². The third kappa shape index (κ3) is 3.53. The van der Waals surface area contributed by atoms with Crippen molar-refractivity contribution in [1.82, 2.24) is 10.2 Å². The van der Waals surface area contributed by atoms with Crippen LogP contribution in [0.2, 0.25) is 0 Å². The van der Waals surface area contributed by atoms with Gasteiger partial charge in [-0.1, -0.05) is 12.8 Å². The molecule has 0 aromatic rings. The van der Waals surface area contributed by atoms with Gasteiger partial charge in [-0.3, -0.25) is 4.79 Å². The van der Waals surface area contributed by atoms with Crippen LogP contribution in [0.25, 0.3) is 0 Å². The third-order valence-corrected chi connectivity index (χ3v) is 5.58. The van der Waals surface area contributed by atoms with E-state index in [0.29, 0.717) is 0 Å². The number of carbonyl (C=O) groups is 1. The summed E-state index contributed by atoms with van der Waals surface area (Å²) in [5.41, 5.74) is 4.94. The van der Waals surface area contributed by atoms with Crippen molar-refractivity contribution in [2.24, 2.45) is 11.7 Å². The molecule has 0 spiro atoms. The van der Waals surface area contributed by atoms with E-state index in [1.807, 2.05) is 14.0 Å². The molecule has 1 aliphatic heterocycles. The zero-order chi connectivity index (χ0) is 14.6. The van der Waals surface area contributed by atoms with E-state index in [9.17, 15) is 4.79 Å². The number of nitrogens with zero attached hydrogens (tertiary/aromatic N) is 1. The summed E-state index contributed by atoms with van der Waals surface area (Å²) in [6.45, 7) is 4.27. The molecule has 116 valence electrons. The Labute approximate surface area is 123 Å². The summed E-state index contributed by atoms with van der Waals surface area (Å²) < 4.78 is 0.